The number of amides is 1. The van der Waals surface area contributed by atoms with Crippen LogP contribution in [0.4, 0.5) is 5.69 Å². The minimum absolute atomic E-state index is 0.0956. The van der Waals surface area contributed by atoms with Gasteiger partial charge in [0.15, 0.2) is 0 Å². The molecule has 1 N–H and O–H groups in total. The Morgan fingerprint density at radius 1 is 1.47 bits per heavy atom. The van der Waals surface area contributed by atoms with Crippen LogP contribution in [0.1, 0.15) is 31.9 Å². The molecule has 1 unspecified atom stereocenters. The van der Waals surface area contributed by atoms with E-state index in [-0.39, 0.29) is 11.9 Å². The molecule has 1 aromatic heterocycles. The smallest absolute Gasteiger partial charge is 0.244 e. The molecular formula is C12H20N4O. The lowest BCUT2D eigenvalue weighted by atomic mass is 10.1. The van der Waals surface area contributed by atoms with Crippen LogP contribution < -0.4 is 5.32 Å². The summed E-state index contributed by atoms with van der Waals surface area (Å²) in [6.07, 6.45) is 2.81. The molecule has 0 spiro atoms. The van der Waals surface area contributed by atoms with Gasteiger partial charge < -0.3 is 10.2 Å². The van der Waals surface area contributed by atoms with Crippen molar-refractivity contribution in [3.8, 4) is 0 Å². The molecule has 5 nitrogen and oxygen atoms in total. The third-order valence-electron chi connectivity index (χ3n) is 3.16. The number of hydrogen-bond donors (Lipinski definition) is 1. The Morgan fingerprint density at radius 3 is 2.71 bits per heavy atom. The van der Waals surface area contributed by atoms with Gasteiger partial charge in [-0.2, -0.15) is 5.10 Å². The van der Waals surface area contributed by atoms with Crippen LogP contribution in [0.5, 0.6) is 0 Å². The van der Waals surface area contributed by atoms with Crippen LogP contribution in [0.3, 0.4) is 0 Å². The zero-order valence-electron chi connectivity index (χ0n) is 10.9. The zero-order chi connectivity index (χ0) is 12.6. The van der Waals surface area contributed by atoms with Crippen LogP contribution in [-0.4, -0.2) is 40.2 Å². The van der Waals surface area contributed by atoms with Gasteiger partial charge in [-0.05, 0) is 12.3 Å². The summed E-state index contributed by atoms with van der Waals surface area (Å²) in [5.41, 5.74) is 2.01. The number of rotatable bonds is 3. The topological polar surface area (TPSA) is 50.2 Å². The molecule has 0 saturated carbocycles. The standard InChI is InChI=1S/C12H20N4O/c1-8(2)11-10(7-16(4)14-11)13-9-5-6-15(3)12(9)17/h7-9,13H,5-6H2,1-4H3. The summed E-state index contributed by atoms with van der Waals surface area (Å²) in [5, 5.41) is 7.74. The molecular weight excluding hydrogens is 216 g/mol. The SMILES string of the molecule is CC(C)c1nn(C)cc1NC1CCN(C)C1=O. The van der Waals surface area contributed by atoms with Crippen LogP contribution in [0.15, 0.2) is 6.20 Å². The summed E-state index contributed by atoms with van der Waals surface area (Å²) in [5.74, 6) is 0.525. The Bertz CT molecular complexity index is 424. The van der Waals surface area contributed by atoms with Crippen molar-refractivity contribution in [3.05, 3.63) is 11.9 Å². The number of nitrogens with one attached hydrogen (secondary N) is 1. The number of anilines is 1. The third kappa shape index (κ3) is 2.28. The van der Waals surface area contributed by atoms with Crippen molar-refractivity contribution in [1.29, 1.82) is 0 Å². The van der Waals surface area contributed by atoms with Gasteiger partial charge in [-0.25, -0.2) is 0 Å². The lowest BCUT2D eigenvalue weighted by Gasteiger charge is -2.14. The van der Waals surface area contributed by atoms with Crippen LogP contribution in [0, 0.1) is 0 Å². The normalized spacial score (nSPS) is 20.4. The number of carbonyl (C=O) groups excluding carboxylic acids is 1. The molecule has 2 heterocycles. The van der Waals surface area contributed by atoms with Gasteiger partial charge in [-0.1, -0.05) is 13.8 Å². The Kier molecular flexibility index (Phi) is 3.09. The second kappa shape index (κ2) is 4.39. The second-order valence-corrected chi connectivity index (χ2v) is 5.00. The number of nitrogens with zero attached hydrogens (tertiary/aromatic N) is 3. The van der Waals surface area contributed by atoms with Gasteiger partial charge in [0, 0.05) is 26.8 Å². The van der Waals surface area contributed by atoms with E-state index in [2.05, 4.69) is 24.3 Å². The van der Waals surface area contributed by atoms with Gasteiger partial charge in [0.05, 0.1) is 11.4 Å². The summed E-state index contributed by atoms with van der Waals surface area (Å²) in [7, 11) is 3.75. The highest BCUT2D eigenvalue weighted by Crippen LogP contribution is 2.24. The summed E-state index contributed by atoms with van der Waals surface area (Å²) >= 11 is 0. The summed E-state index contributed by atoms with van der Waals surface area (Å²) < 4.78 is 1.79. The van der Waals surface area contributed by atoms with E-state index in [1.54, 1.807) is 9.58 Å². The number of aromatic nitrogens is 2. The van der Waals surface area contributed by atoms with Crippen LogP contribution in [0.25, 0.3) is 0 Å². The molecule has 1 amide bonds. The highest BCUT2D eigenvalue weighted by Gasteiger charge is 2.29. The van der Waals surface area contributed by atoms with E-state index in [0.717, 1.165) is 24.3 Å². The van der Waals surface area contributed by atoms with Crippen LogP contribution >= 0.6 is 0 Å². The first-order chi connectivity index (χ1) is 7.99. The van der Waals surface area contributed by atoms with Gasteiger partial charge in [0.1, 0.15) is 6.04 Å². The summed E-state index contributed by atoms with van der Waals surface area (Å²) in [6, 6.07) is -0.0956. The van der Waals surface area contributed by atoms with Gasteiger partial charge in [-0.15, -0.1) is 0 Å². The van der Waals surface area contributed by atoms with Gasteiger partial charge in [0.25, 0.3) is 0 Å². The Balaban J connectivity index is 2.16. The van der Waals surface area contributed by atoms with E-state index < -0.39 is 0 Å². The van der Waals surface area contributed by atoms with Gasteiger partial charge in [-0.3, -0.25) is 9.48 Å². The lowest BCUT2D eigenvalue weighted by Crippen LogP contribution is -2.31. The van der Waals surface area contributed by atoms with Gasteiger partial charge in [0.2, 0.25) is 5.91 Å². The minimum Gasteiger partial charge on any atom is -0.371 e. The average Bonchev–Trinajstić information content (AvgIpc) is 2.76. The van der Waals surface area contributed by atoms with Crippen molar-refractivity contribution >= 4 is 11.6 Å². The number of carbonyl (C=O) groups is 1. The first kappa shape index (κ1) is 12.0. The van der Waals surface area contributed by atoms with E-state index in [1.807, 2.05) is 20.3 Å². The predicted octanol–water partition coefficient (Wildman–Crippen LogP) is 1.19. The maximum absolute atomic E-state index is 11.8. The fraction of sp³-hybridized carbons (Fsp3) is 0.667. The fourth-order valence-electron chi connectivity index (χ4n) is 2.19. The molecule has 0 radical (unpaired) electrons. The molecule has 5 heteroatoms. The highest BCUT2D eigenvalue weighted by atomic mass is 16.2. The maximum atomic E-state index is 11.8. The van der Waals surface area contributed by atoms with Crippen LogP contribution in [0.2, 0.25) is 0 Å². The van der Waals surface area contributed by atoms with E-state index in [0.29, 0.717) is 5.92 Å². The van der Waals surface area contributed by atoms with E-state index in [1.165, 1.54) is 0 Å². The molecule has 94 valence electrons. The molecule has 0 aliphatic carbocycles. The number of likely N-dealkylation sites (tertiary alicyclic amines) is 1. The average molecular weight is 236 g/mol. The van der Waals surface area contributed by atoms with Crippen molar-refractivity contribution in [2.45, 2.75) is 32.2 Å². The maximum Gasteiger partial charge on any atom is 0.244 e. The van der Waals surface area contributed by atoms with Crippen molar-refractivity contribution in [3.63, 3.8) is 0 Å². The minimum atomic E-state index is -0.0956. The van der Waals surface area contributed by atoms with Crippen molar-refractivity contribution in [2.24, 2.45) is 7.05 Å². The number of likely N-dealkylation sites (N-methyl/N-ethyl adjacent to an activating group) is 1. The lowest BCUT2D eigenvalue weighted by molar-refractivity contribution is -0.127. The first-order valence-corrected chi connectivity index (χ1v) is 6.04. The van der Waals surface area contributed by atoms with Crippen LogP contribution in [-0.2, 0) is 11.8 Å². The molecule has 1 aliphatic heterocycles. The third-order valence-corrected chi connectivity index (χ3v) is 3.16. The first-order valence-electron chi connectivity index (χ1n) is 6.04. The van der Waals surface area contributed by atoms with Crippen molar-refractivity contribution < 1.29 is 4.79 Å². The van der Waals surface area contributed by atoms with E-state index in [9.17, 15) is 4.79 Å². The second-order valence-electron chi connectivity index (χ2n) is 5.00. The Labute approximate surface area is 102 Å². The van der Waals surface area contributed by atoms with Crippen molar-refractivity contribution in [2.75, 3.05) is 18.9 Å². The van der Waals surface area contributed by atoms with E-state index >= 15 is 0 Å². The summed E-state index contributed by atoms with van der Waals surface area (Å²) in [6.45, 7) is 5.04. The molecule has 0 aromatic carbocycles. The fourth-order valence-corrected chi connectivity index (χ4v) is 2.19. The molecule has 1 saturated heterocycles. The quantitative estimate of drug-likeness (QED) is 0.857. The highest BCUT2D eigenvalue weighted by molar-refractivity contribution is 5.86. The Morgan fingerprint density at radius 2 is 2.18 bits per heavy atom. The molecule has 17 heavy (non-hydrogen) atoms. The predicted molar refractivity (Wildman–Crippen MR) is 67.0 cm³/mol. The molecule has 1 atom stereocenters. The zero-order valence-corrected chi connectivity index (χ0v) is 10.9. The summed E-state index contributed by atoms with van der Waals surface area (Å²) in [4.78, 5) is 13.6. The molecule has 1 aliphatic rings. The number of hydrogen-bond acceptors (Lipinski definition) is 3. The Hall–Kier alpha value is -1.52. The largest absolute Gasteiger partial charge is 0.371 e. The molecule has 0 bridgehead atoms. The number of aryl methyl sites for hydroxylation is 1. The van der Waals surface area contributed by atoms with Crippen molar-refractivity contribution in [1.82, 2.24) is 14.7 Å². The van der Waals surface area contributed by atoms with E-state index in [4.69, 9.17) is 0 Å². The molecule has 2 rings (SSSR count). The molecule has 1 aromatic rings. The van der Waals surface area contributed by atoms with Gasteiger partial charge >= 0.3 is 0 Å². The monoisotopic (exact) mass is 236 g/mol. The molecule has 1 fully saturated rings.